The summed E-state index contributed by atoms with van der Waals surface area (Å²) in [5, 5.41) is 10.7. The van der Waals surface area contributed by atoms with Crippen LogP contribution in [-0.2, 0) is 37.0 Å². The van der Waals surface area contributed by atoms with E-state index in [-0.39, 0.29) is 11.3 Å². The Morgan fingerprint density at radius 2 is 1.39 bits per heavy atom. The minimum absolute atomic E-state index is 0.123. The van der Waals surface area contributed by atoms with Crippen LogP contribution in [0.5, 0.6) is 0 Å². The van der Waals surface area contributed by atoms with Gasteiger partial charge in [-0.1, -0.05) is 78.9 Å². The summed E-state index contributed by atoms with van der Waals surface area (Å²) in [5.41, 5.74) is 4.40. The Morgan fingerprint density at radius 3 is 2.02 bits per heavy atom. The number of hydrogen-bond donors (Lipinski definition) is 4. The number of imide groups is 1. The molecule has 1 heterocycles. The highest BCUT2D eigenvalue weighted by atomic mass is 32.2. The van der Waals surface area contributed by atoms with E-state index in [9.17, 15) is 22.8 Å². The van der Waals surface area contributed by atoms with Crippen LogP contribution in [0.15, 0.2) is 107 Å². The second kappa shape index (κ2) is 16.4. The summed E-state index contributed by atoms with van der Waals surface area (Å²) in [4.78, 5) is 39.7. The third-order valence-electron chi connectivity index (χ3n) is 6.92. The van der Waals surface area contributed by atoms with E-state index < -0.39 is 39.8 Å². The molecule has 0 saturated carbocycles. The van der Waals surface area contributed by atoms with Crippen molar-refractivity contribution in [3.63, 3.8) is 0 Å². The third kappa shape index (κ3) is 10.3. The lowest BCUT2D eigenvalue weighted by atomic mass is 10.0. The second-order valence-electron chi connectivity index (χ2n) is 10.2. The number of hydrogen-bond acceptors (Lipinski definition) is 8. The molecule has 2 atom stereocenters. The van der Waals surface area contributed by atoms with Crippen molar-refractivity contribution in [3.8, 4) is 0 Å². The van der Waals surface area contributed by atoms with Crippen molar-refractivity contribution in [3.05, 3.63) is 114 Å². The van der Waals surface area contributed by atoms with Gasteiger partial charge in [0.2, 0.25) is 15.7 Å². The number of aryl methyl sites for hydroxylation is 1. The highest BCUT2D eigenvalue weighted by Crippen LogP contribution is 2.12. The molecule has 3 aromatic carbocycles. The van der Waals surface area contributed by atoms with Crippen molar-refractivity contribution in [2.75, 3.05) is 26.3 Å². The van der Waals surface area contributed by atoms with E-state index in [1.54, 1.807) is 23.2 Å². The molecule has 1 aliphatic rings. The zero-order chi connectivity index (χ0) is 31.2. The standard InChI is InChI=1S/C32H37N5O6S/c38-30(28(17-16-25-10-4-1-5-11-25)33-18-23-44(41,42)27-14-8-3-9-15-27)34-29(24-26-12-6-2-7-13-26)31(39)35-32(40)36-37-19-21-43-22-20-37/h1-15,18,23,28-29,33H,16-17,19-22,24H2,(H,34,38)(H2,35,36,39,40)/b23-18+/t28-,29-/m0/s1. The first kappa shape index (κ1) is 32.4. The highest BCUT2D eigenvalue weighted by Gasteiger charge is 2.27. The van der Waals surface area contributed by atoms with E-state index in [1.807, 2.05) is 60.7 Å². The van der Waals surface area contributed by atoms with Crippen LogP contribution in [0, 0.1) is 0 Å². The summed E-state index contributed by atoms with van der Waals surface area (Å²) < 4.78 is 30.8. The average Bonchev–Trinajstić information content (AvgIpc) is 3.04. The molecule has 1 saturated heterocycles. The fourth-order valence-electron chi connectivity index (χ4n) is 4.56. The first-order chi connectivity index (χ1) is 21.3. The molecule has 0 radical (unpaired) electrons. The molecule has 0 bridgehead atoms. The van der Waals surface area contributed by atoms with Gasteiger partial charge < -0.3 is 15.4 Å². The number of amides is 4. The molecule has 232 valence electrons. The Balaban J connectivity index is 1.48. The summed E-state index contributed by atoms with van der Waals surface area (Å²) >= 11 is 0. The Labute approximate surface area is 257 Å². The molecular weight excluding hydrogens is 582 g/mol. The van der Waals surface area contributed by atoms with Crippen molar-refractivity contribution in [1.29, 1.82) is 0 Å². The highest BCUT2D eigenvalue weighted by molar-refractivity contribution is 7.94. The van der Waals surface area contributed by atoms with Gasteiger partial charge in [0, 0.05) is 25.7 Å². The number of urea groups is 1. The molecule has 0 aliphatic carbocycles. The van der Waals surface area contributed by atoms with Crippen LogP contribution in [0.3, 0.4) is 0 Å². The summed E-state index contributed by atoms with van der Waals surface area (Å²) in [6.07, 6.45) is 2.19. The number of hydrazine groups is 1. The second-order valence-corrected chi connectivity index (χ2v) is 12.0. The van der Waals surface area contributed by atoms with Crippen LogP contribution >= 0.6 is 0 Å². The van der Waals surface area contributed by atoms with E-state index >= 15 is 0 Å². The maximum atomic E-state index is 13.6. The lowest BCUT2D eigenvalue weighted by molar-refractivity contribution is -0.129. The molecule has 4 N–H and O–H groups in total. The largest absolute Gasteiger partial charge is 0.379 e. The number of ether oxygens (including phenoxy) is 1. The first-order valence-corrected chi connectivity index (χ1v) is 15.9. The van der Waals surface area contributed by atoms with E-state index in [1.165, 1.54) is 18.3 Å². The molecule has 0 unspecified atom stereocenters. The minimum Gasteiger partial charge on any atom is -0.379 e. The summed E-state index contributed by atoms with van der Waals surface area (Å²) in [6.45, 7) is 1.88. The summed E-state index contributed by atoms with van der Waals surface area (Å²) in [5.74, 6) is -1.20. The van der Waals surface area contributed by atoms with Crippen LogP contribution < -0.4 is 21.4 Å². The van der Waals surface area contributed by atoms with Gasteiger partial charge in [0.25, 0.3) is 5.91 Å². The maximum absolute atomic E-state index is 13.6. The maximum Gasteiger partial charge on any atom is 0.336 e. The van der Waals surface area contributed by atoms with Gasteiger partial charge in [0.05, 0.1) is 23.5 Å². The van der Waals surface area contributed by atoms with Crippen LogP contribution in [0.1, 0.15) is 17.5 Å². The molecule has 0 aromatic heterocycles. The van der Waals surface area contributed by atoms with E-state index in [0.29, 0.717) is 39.1 Å². The molecule has 44 heavy (non-hydrogen) atoms. The number of carbonyl (C=O) groups is 3. The molecule has 0 spiro atoms. The SMILES string of the molecule is O=C(NC(=O)[C@H](Cc1ccccc1)NC(=O)[C@H](CCc1ccccc1)N/C=C/S(=O)(=O)c1ccccc1)NN1CCOCC1. The molecule has 4 rings (SSSR count). The summed E-state index contributed by atoms with van der Waals surface area (Å²) in [6, 6.07) is 23.9. The van der Waals surface area contributed by atoms with Gasteiger partial charge in [-0.25, -0.2) is 18.2 Å². The number of sulfone groups is 1. The molecule has 11 nitrogen and oxygen atoms in total. The average molecular weight is 620 g/mol. The molecule has 1 fully saturated rings. The van der Waals surface area contributed by atoms with Crippen molar-refractivity contribution < 1.29 is 27.5 Å². The number of rotatable bonds is 13. The fraction of sp³-hybridized carbons (Fsp3) is 0.281. The number of nitrogens with zero attached hydrogens (tertiary/aromatic N) is 1. The normalized spacial score (nSPS) is 15.2. The number of carbonyl (C=O) groups excluding carboxylic acids is 3. The smallest absolute Gasteiger partial charge is 0.336 e. The number of benzene rings is 3. The van der Waals surface area contributed by atoms with Gasteiger partial charge in [0.15, 0.2) is 0 Å². The van der Waals surface area contributed by atoms with Crippen LogP contribution in [0.4, 0.5) is 4.79 Å². The van der Waals surface area contributed by atoms with E-state index in [2.05, 4.69) is 21.4 Å². The fourth-order valence-corrected chi connectivity index (χ4v) is 5.51. The number of morpholine rings is 1. The van der Waals surface area contributed by atoms with Gasteiger partial charge in [-0.15, -0.1) is 0 Å². The topological polar surface area (TPSA) is 146 Å². The minimum atomic E-state index is -3.75. The number of nitrogens with one attached hydrogen (secondary N) is 4. The van der Waals surface area contributed by atoms with E-state index in [0.717, 1.165) is 16.5 Å². The van der Waals surface area contributed by atoms with Gasteiger partial charge in [0.1, 0.15) is 12.1 Å². The van der Waals surface area contributed by atoms with Crippen molar-refractivity contribution in [2.24, 2.45) is 0 Å². The molecule has 12 heteroatoms. The van der Waals surface area contributed by atoms with Crippen LogP contribution in [0.2, 0.25) is 0 Å². The Kier molecular flexibility index (Phi) is 12.0. The molecule has 4 amide bonds. The van der Waals surface area contributed by atoms with E-state index in [4.69, 9.17) is 4.74 Å². The van der Waals surface area contributed by atoms with Gasteiger partial charge in [-0.2, -0.15) is 0 Å². The van der Waals surface area contributed by atoms with Crippen LogP contribution in [-0.4, -0.2) is 69.7 Å². The van der Waals surface area contributed by atoms with Gasteiger partial charge in [-0.3, -0.25) is 20.3 Å². The van der Waals surface area contributed by atoms with Crippen molar-refractivity contribution in [1.82, 2.24) is 26.4 Å². The zero-order valence-electron chi connectivity index (χ0n) is 24.2. The Morgan fingerprint density at radius 1 is 0.795 bits per heavy atom. The van der Waals surface area contributed by atoms with Crippen molar-refractivity contribution >= 4 is 27.7 Å². The predicted molar refractivity (Wildman–Crippen MR) is 166 cm³/mol. The molecule has 3 aromatic rings. The third-order valence-corrected chi connectivity index (χ3v) is 8.34. The monoisotopic (exact) mass is 619 g/mol. The zero-order valence-corrected chi connectivity index (χ0v) is 25.0. The Hall–Kier alpha value is -4.52. The van der Waals surface area contributed by atoms with Crippen LogP contribution in [0.25, 0.3) is 0 Å². The Bertz CT molecular complexity index is 1500. The van der Waals surface area contributed by atoms with Gasteiger partial charge >= 0.3 is 6.03 Å². The quantitative estimate of drug-likeness (QED) is 0.228. The lowest BCUT2D eigenvalue weighted by Crippen LogP contribution is -2.57. The molecule has 1 aliphatic heterocycles. The molecular formula is C32H37N5O6S. The lowest BCUT2D eigenvalue weighted by Gasteiger charge is -2.27. The predicted octanol–water partition coefficient (Wildman–Crippen LogP) is 2.32. The van der Waals surface area contributed by atoms with Crippen molar-refractivity contribution in [2.45, 2.75) is 36.2 Å². The van der Waals surface area contributed by atoms with Gasteiger partial charge in [-0.05, 0) is 36.1 Å². The first-order valence-electron chi connectivity index (χ1n) is 14.4. The summed E-state index contributed by atoms with van der Waals surface area (Å²) in [7, 11) is -3.75.